The summed E-state index contributed by atoms with van der Waals surface area (Å²) >= 11 is 0. The third-order valence-corrected chi connectivity index (χ3v) is 4.41. The highest BCUT2D eigenvalue weighted by molar-refractivity contribution is 6.14. The van der Waals surface area contributed by atoms with Gasteiger partial charge in [0.1, 0.15) is 22.5 Å². The first-order valence-electron chi connectivity index (χ1n) is 7.71. The quantitative estimate of drug-likeness (QED) is 0.659. The molecule has 3 rings (SSSR count). The van der Waals surface area contributed by atoms with E-state index in [1.165, 1.54) is 0 Å². The van der Waals surface area contributed by atoms with Crippen molar-refractivity contribution in [1.29, 1.82) is 0 Å². The highest BCUT2D eigenvalue weighted by atomic mass is 28.1. The average molecular weight is 320 g/mol. The molecule has 0 amide bonds. The normalized spacial score (nSPS) is 13.3. The molecule has 0 saturated carbocycles. The van der Waals surface area contributed by atoms with Crippen LogP contribution in [0.3, 0.4) is 0 Å². The Morgan fingerprint density at radius 1 is 0.696 bits per heavy atom. The maximum atomic E-state index is 6.20. The molecule has 0 aliphatic carbocycles. The molecule has 0 aliphatic rings. The minimum atomic E-state index is -0.308. The fourth-order valence-corrected chi connectivity index (χ4v) is 2.95. The average Bonchev–Trinajstić information content (AvgIpc) is 2.57. The summed E-state index contributed by atoms with van der Waals surface area (Å²) in [6.07, 6.45) is 0. The summed E-state index contributed by atoms with van der Waals surface area (Å²) in [5, 5.41) is -0.308. The van der Waals surface area contributed by atoms with E-state index < -0.39 is 0 Å². The van der Waals surface area contributed by atoms with Crippen LogP contribution < -0.4 is 9.47 Å². The lowest BCUT2D eigenvalue weighted by molar-refractivity contribution is 0.178. The van der Waals surface area contributed by atoms with Gasteiger partial charge in [0.05, 0.1) is 10.2 Å². The van der Waals surface area contributed by atoms with Gasteiger partial charge in [-0.3, -0.25) is 0 Å². The van der Waals surface area contributed by atoms with Crippen molar-refractivity contribution in [3.8, 4) is 17.2 Å². The molecule has 3 heteroatoms. The minimum absolute atomic E-state index is 0.308. The summed E-state index contributed by atoms with van der Waals surface area (Å²) in [5.41, 5.74) is 1.13. The van der Waals surface area contributed by atoms with Crippen LogP contribution in [0, 0.1) is 0 Å². The molecule has 23 heavy (non-hydrogen) atoms. The summed E-state index contributed by atoms with van der Waals surface area (Å²) in [4.78, 5) is 0. The monoisotopic (exact) mass is 320 g/mol. The molecule has 0 spiro atoms. The molecule has 3 aromatic carbocycles. The second-order valence-electron chi connectivity index (χ2n) is 5.87. The SMILES string of the molecule is CC([SiH3])(Oc1ccccc1)c1cccc(Oc2ccccc2)c1. The fourth-order valence-electron chi connectivity index (χ4n) is 2.40. The van der Waals surface area contributed by atoms with Crippen molar-refractivity contribution in [3.05, 3.63) is 90.5 Å². The molecule has 0 saturated heterocycles. The number of rotatable bonds is 5. The van der Waals surface area contributed by atoms with E-state index in [1.54, 1.807) is 0 Å². The Bertz CT molecular complexity index is 755. The van der Waals surface area contributed by atoms with E-state index in [-0.39, 0.29) is 5.22 Å². The van der Waals surface area contributed by atoms with Crippen molar-refractivity contribution in [3.63, 3.8) is 0 Å². The van der Waals surface area contributed by atoms with Crippen LogP contribution in [0.1, 0.15) is 12.5 Å². The van der Waals surface area contributed by atoms with Crippen molar-refractivity contribution in [2.75, 3.05) is 0 Å². The maximum Gasteiger partial charge on any atom is 0.127 e. The zero-order valence-corrected chi connectivity index (χ0v) is 15.4. The topological polar surface area (TPSA) is 18.5 Å². The third-order valence-electron chi connectivity index (χ3n) is 3.62. The molecule has 0 bridgehead atoms. The number of benzene rings is 3. The van der Waals surface area contributed by atoms with Crippen molar-refractivity contribution in [1.82, 2.24) is 0 Å². The lowest BCUT2D eigenvalue weighted by atomic mass is 10.1. The molecule has 1 unspecified atom stereocenters. The Morgan fingerprint density at radius 2 is 1.26 bits per heavy atom. The number of hydrogen-bond acceptors (Lipinski definition) is 2. The number of para-hydroxylation sites is 2. The molecule has 0 radical (unpaired) electrons. The Hall–Kier alpha value is -2.52. The molecular formula is C20H20O2Si. The van der Waals surface area contributed by atoms with E-state index in [9.17, 15) is 0 Å². The van der Waals surface area contributed by atoms with Crippen LogP contribution in [0.5, 0.6) is 17.2 Å². The van der Waals surface area contributed by atoms with Crippen LogP contribution in [0.15, 0.2) is 84.9 Å². The van der Waals surface area contributed by atoms with Gasteiger partial charge in [-0.05, 0) is 48.9 Å². The van der Waals surface area contributed by atoms with Gasteiger partial charge in [0, 0.05) is 0 Å². The summed E-state index contributed by atoms with van der Waals surface area (Å²) < 4.78 is 12.1. The first-order chi connectivity index (χ1) is 11.1. The summed E-state index contributed by atoms with van der Waals surface area (Å²) in [7, 11) is 0.863. The first kappa shape index (κ1) is 15.4. The molecule has 2 nitrogen and oxygen atoms in total. The lowest BCUT2D eigenvalue weighted by Gasteiger charge is -2.27. The second-order valence-corrected chi connectivity index (χ2v) is 7.78. The van der Waals surface area contributed by atoms with Gasteiger partial charge in [0.15, 0.2) is 0 Å². The molecule has 0 heterocycles. The number of hydrogen-bond donors (Lipinski definition) is 0. The minimum Gasteiger partial charge on any atom is -0.488 e. The van der Waals surface area contributed by atoms with Crippen molar-refractivity contribution >= 4 is 10.2 Å². The zero-order chi connectivity index (χ0) is 16.1. The van der Waals surface area contributed by atoms with Crippen LogP contribution >= 0.6 is 0 Å². The van der Waals surface area contributed by atoms with Crippen molar-refractivity contribution in [2.45, 2.75) is 12.1 Å². The molecule has 0 aliphatic heterocycles. The third kappa shape index (κ3) is 4.02. The maximum absolute atomic E-state index is 6.20. The van der Waals surface area contributed by atoms with Gasteiger partial charge in [0.2, 0.25) is 0 Å². The van der Waals surface area contributed by atoms with Gasteiger partial charge in [-0.1, -0.05) is 48.5 Å². The second kappa shape index (κ2) is 6.71. The molecule has 3 aromatic rings. The van der Waals surface area contributed by atoms with E-state index in [0.29, 0.717) is 0 Å². The predicted molar refractivity (Wildman–Crippen MR) is 97.3 cm³/mol. The molecule has 1 atom stereocenters. The van der Waals surface area contributed by atoms with Gasteiger partial charge in [0.25, 0.3) is 0 Å². The first-order valence-corrected chi connectivity index (χ1v) is 8.71. The number of ether oxygens (including phenoxy) is 2. The Balaban J connectivity index is 1.81. The van der Waals surface area contributed by atoms with E-state index in [4.69, 9.17) is 9.47 Å². The van der Waals surface area contributed by atoms with Crippen molar-refractivity contribution < 1.29 is 9.47 Å². The zero-order valence-electron chi connectivity index (χ0n) is 13.4. The molecule has 0 fully saturated rings. The largest absolute Gasteiger partial charge is 0.488 e. The van der Waals surface area contributed by atoms with Gasteiger partial charge < -0.3 is 9.47 Å². The van der Waals surface area contributed by atoms with Gasteiger partial charge in [-0.25, -0.2) is 0 Å². The van der Waals surface area contributed by atoms with E-state index in [0.717, 1.165) is 33.1 Å². The highest BCUT2D eigenvalue weighted by Gasteiger charge is 2.23. The van der Waals surface area contributed by atoms with E-state index in [2.05, 4.69) is 19.1 Å². The van der Waals surface area contributed by atoms with E-state index >= 15 is 0 Å². The lowest BCUT2D eigenvalue weighted by Crippen LogP contribution is -2.29. The van der Waals surface area contributed by atoms with Gasteiger partial charge >= 0.3 is 0 Å². The molecular weight excluding hydrogens is 300 g/mol. The Morgan fingerprint density at radius 3 is 1.91 bits per heavy atom. The summed E-state index contributed by atoms with van der Waals surface area (Å²) in [6.45, 7) is 2.12. The molecule has 0 aromatic heterocycles. The Kier molecular flexibility index (Phi) is 4.49. The van der Waals surface area contributed by atoms with E-state index in [1.807, 2.05) is 72.8 Å². The van der Waals surface area contributed by atoms with Crippen LogP contribution in [0.25, 0.3) is 0 Å². The van der Waals surface area contributed by atoms with Crippen LogP contribution in [0.2, 0.25) is 0 Å². The molecule has 0 N–H and O–H groups in total. The smallest absolute Gasteiger partial charge is 0.127 e. The highest BCUT2D eigenvalue weighted by Crippen LogP contribution is 2.29. The summed E-state index contributed by atoms with van der Waals surface area (Å²) in [5.74, 6) is 2.55. The molecule has 116 valence electrons. The standard InChI is InChI=1S/C20H20O2Si/c1-20(23,22-18-12-6-3-7-13-18)16-9-8-14-19(15-16)21-17-10-4-2-5-11-17/h2-15H,1,23H3. The van der Waals surface area contributed by atoms with Crippen LogP contribution in [-0.4, -0.2) is 10.2 Å². The predicted octanol–water partition coefficient (Wildman–Crippen LogP) is 4.10. The van der Waals surface area contributed by atoms with Crippen molar-refractivity contribution in [2.24, 2.45) is 0 Å². The van der Waals surface area contributed by atoms with Gasteiger partial charge in [-0.2, -0.15) is 0 Å². The Labute approximate surface area is 140 Å². The van der Waals surface area contributed by atoms with Crippen LogP contribution in [0.4, 0.5) is 0 Å². The van der Waals surface area contributed by atoms with Gasteiger partial charge in [-0.15, -0.1) is 0 Å². The fraction of sp³-hybridized carbons (Fsp3) is 0.100. The summed E-state index contributed by atoms with van der Waals surface area (Å²) in [6, 6.07) is 27.9. The van der Waals surface area contributed by atoms with Crippen LogP contribution in [-0.2, 0) is 5.22 Å².